The highest BCUT2D eigenvalue weighted by Gasteiger charge is 2.28. The second-order valence-electron chi connectivity index (χ2n) is 5.85. The molecule has 0 aliphatic carbocycles. The van der Waals surface area contributed by atoms with E-state index >= 15 is 0 Å². The van der Waals surface area contributed by atoms with Gasteiger partial charge in [-0.05, 0) is 43.5 Å². The molecule has 0 bridgehead atoms. The van der Waals surface area contributed by atoms with Crippen molar-refractivity contribution in [2.75, 3.05) is 6.54 Å². The molecule has 1 fully saturated rings. The van der Waals surface area contributed by atoms with E-state index in [1.165, 1.54) is 12.1 Å². The Morgan fingerprint density at radius 3 is 2.91 bits per heavy atom. The molecule has 1 aliphatic heterocycles. The van der Waals surface area contributed by atoms with Crippen molar-refractivity contribution < 1.29 is 13.3 Å². The highest BCUT2D eigenvalue weighted by atomic mass is 19.2. The van der Waals surface area contributed by atoms with Gasteiger partial charge in [-0.25, -0.2) is 8.78 Å². The highest BCUT2D eigenvalue weighted by molar-refractivity contribution is 5.19. The van der Waals surface area contributed by atoms with Crippen LogP contribution in [0, 0.1) is 11.6 Å². The van der Waals surface area contributed by atoms with Crippen LogP contribution in [0.2, 0.25) is 0 Å². The van der Waals surface area contributed by atoms with Crippen molar-refractivity contribution >= 4 is 0 Å². The standard InChI is InChI=1S/C17H20F2N2O/c1-2-4-13-10-16(20-22-13)17-5-3-8-21(17)11-12-6-7-14(18)15(19)9-12/h6-7,9-10,17H,2-5,8,11H2,1H3. The fraction of sp³-hybridized carbons (Fsp3) is 0.471. The summed E-state index contributed by atoms with van der Waals surface area (Å²) in [5.74, 6) is -0.681. The minimum atomic E-state index is -0.803. The Kier molecular flexibility index (Phi) is 4.52. The Morgan fingerprint density at radius 1 is 1.27 bits per heavy atom. The molecule has 2 aromatic rings. The fourth-order valence-corrected chi connectivity index (χ4v) is 3.07. The van der Waals surface area contributed by atoms with E-state index in [0.717, 1.165) is 49.2 Å². The third-order valence-corrected chi connectivity index (χ3v) is 4.15. The Hall–Kier alpha value is -1.75. The molecular weight excluding hydrogens is 286 g/mol. The Labute approximate surface area is 128 Å². The number of aromatic nitrogens is 1. The smallest absolute Gasteiger partial charge is 0.159 e. The van der Waals surface area contributed by atoms with E-state index in [0.29, 0.717) is 6.54 Å². The summed E-state index contributed by atoms with van der Waals surface area (Å²) in [6.45, 7) is 3.63. The van der Waals surface area contributed by atoms with Gasteiger partial charge in [-0.1, -0.05) is 18.1 Å². The average molecular weight is 306 g/mol. The first kappa shape index (κ1) is 15.2. The molecule has 0 saturated carbocycles. The number of likely N-dealkylation sites (tertiary alicyclic amines) is 1. The van der Waals surface area contributed by atoms with Crippen molar-refractivity contribution in [3.05, 3.63) is 52.9 Å². The van der Waals surface area contributed by atoms with Crippen molar-refractivity contribution in [2.45, 2.75) is 45.2 Å². The monoisotopic (exact) mass is 306 g/mol. The zero-order valence-electron chi connectivity index (χ0n) is 12.7. The maximum absolute atomic E-state index is 13.3. The molecule has 1 aliphatic rings. The third kappa shape index (κ3) is 3.19. The molecule has 3 nitrogen and oxygen atoms in total. The van der Waals surface area contributed by atoms with Crippen LogP contribution in [0.25, 0.3) is 0 Å². The molecule has 0 spiro atoms. The van der Waals surface area contributed by atoms with E-state index < -0.39 is 11.6 Å². The van der Waals surface area contributed by atoms with Crippen LogP contribution in [-0.2, 0) is 13.0 Å². The van der Waals surface area contributed by atoms with Gasteiger partial charge in [0.25, 0.3) is 0 Å². The molecule has 1 aromatic heterocycles. The van der Waals surface area contributed by atoms with Gasteiger partial charge in [-0.3, -0.25) is 4.90 Å². The van der Waals surface area contributed by atoms with Crippen LogP contribution >= 0.6 is 0 Å². The first-order chi connectivity index (χ1) is 10.7. The average Bonchev–Trinajstić information content (AvgIpc) is 3.12. The predicted molar refractivity (Wildman–Crippen MR) is 79.2 cm³/mol. The van der Waals surface area contributed by atoms with Gasteiger partial charge in [0.1, 0.15) is 11.5 Å². The number of hydrogen-bond donors (Lipinski definition) is 0. The number of rotatable bonds is 5. The van der Waals surface area contributed by atoms with Crippen LogP contribution in [0.15, 0.2) is 28.8 Å². The molecular formula is C17H20F2N2O. The van der Waals surface area contributed by atoms with E-state index in [4.69, 9.17) is 4.52 Å². The summed E-state index contributed by atoms with van der Waals surface area (Å²) in [7, 11) is 0. The topological polar surface area (TPSA) is 29.3 Å². The summed E-state index contributed by atoms with van der Waals surface area (Å²) in [5, 5.41) is 4.19. The van der Waals surface area contributed by atoms with Crippen molar-refractivity contribution in [3.8, 4) is 0 Å². The van der Waals surface area contributed by atoms with E-state index in [2.05, 4.69) is 17.0 Å². The Balaban J connectivity index is 1.73. The maximum Gasteiger partial charge on any atom is 0.159 e. The molecule has 1 unspecified atom stereocenters. The van der Waals surface area contributed by atoms with Crippen molar-refractivity contribution in [2.24, 2.45) is 0 Å². The Bertz CT molecular complexity index is 641. The quantitative estimate of drug-likeness (QED) is 0.827. The van der Waals surface area contributed by atoms with Gasteiger partial charge >= 0.3 is 0 Å². The van der Waals surface area contributed by atoms with E-state index in [1.54, 1.807) is 6.07 Å². The normalized spacial score (nSPS) is 19.0. The summed E-state index contributed by atoms with van der Waals surface area (Å²) in [5.41, 5.74) is 1.73. The molecule has 22 heavy (non-hydrogen) atoms. The minimum absolute atomic E-state index is 0.197. The van der Waals surface area contributed by atoms with Crippen LogP contribution in [0.1, 0.15) is 49.2 Å². The molecule has 0 radical (unpaired) electrons. The molecule has 118 valence electrons. The molecule has 1 aromatic carbocycles. The third-order valence-electron chi connectivity index (χ3n) is 4.15. The number of halogens is 2. The van der Waals surface area contributed by atoms with Gasteiger partial charge in [0.15, 0.2) is 11.6 Å². The van der Waals surface area contributed by atoms with Gasteiger partial charge in [-0.15, -0.1) is 0 Å². The maximum atomic E-state index is 13.3. The zero-order chi connectivity index (χ0) is 15.5. The summed E-state index contributed by atoms with van der Waals surface area (Å²) >= 11 is 0. The van der Waals surface area contributed by atoms with E-state index in [-0.39, 0.29) is 6.04 Å². The van der Waals surface area contributed by atoms with Gasteiger partial charge in [0, 0.05) is 19.0 Å². The number of aryl methyl sites for hydroxylation is 1. The lowest BCUT2D eigenvalue weighted by Gasteiger charge is -2.22. The lowest BCUT2D eigenvalue weighted by Crippen LogP contribution is -2.23. The van der Waals surface area contributed by atoms with Crippen LogP contribution in [0.5, 0.6) is 0 Å². The zero-order valence-corrected chi connectivity index (χ0v) is 12.7. The van der Waals surface area contributed by atoms with Gasteiger partial charge < -0.3 is 4.52 Å². The van der Waals surface area contributed by atoms with Crippen molar-refractivity contribution in [1.29, 1.82) is 0 Å². The molecule has 0 amide bonds. The lowest BCUT2D eigenvalue weighted by molar-refractivity contribution is 0.236. The van der Waals surface area contributed by atoms with Crippen LogP contribution in [0.4, 0.5) is 8.78 Å². The largest absolute Gasteiger partial charge is 0.361 e. The lowest BCUT2D eigenvalue weighted by atomic mass is 10.1. The van der Waals surface area contributed by atoms with Crippen LogP contribution in [-0.4, -0.2) is 16.6 Å². The van der Waals surface area contributed by atoms with E-state index in [9.17, 15) is 8.78 Å². The summed E-state index contributed by atoms with van der Waals surface area (Å²) in [4.78, 5) is 2.25. The fourth-order valence-electron chi connectivity index (χ4n) is 3.07. The number of hydrogen-bond acceptors (Lipinski definition) is 3. The van der Waals surface area contributed by atoms with Gasteiger partial charge in [-0.2, -0.15) is 0 Å². The molecule has 0 N–H and O–H groups in total. The summed E-state index contributed by atoms with van der Waals surface area (Å²) in [6.07, 6.45) is 4.01. The van der Waals surface area contributed by atoms with Crippen molar-refractivity contribution in [1.82, 2.24) is 10.1 Å². The number of nitrogens with zero attached hydrogens (tertiary/aromatic N) is 2. The van der Waals surface area contributed by atoms with Gasteiger partial charge in [0.2, 0.25) is 0 Å². The SMILES string of the molecule is CCCc1cc(C2CCCN2Cc2ccc(F)c(F)c2)no1. The second kappa shape index (κ2) is 6.57. The van der Waals surface area contributed by atoms with Crippen LogP contribution in [0.3, 0.4) is 0 Å². The van der Waals surface area contributed by atoms with E-state index in [1.807, 2.05) is 6.07 Å². The van der Waals surface area contributed by atoms with Gasteiger partial charge in [0.05, 0.1) is 6.04 Å². The second-order valence-corrected chi connectivity index (χ2v) is 5.85. The predicted octanol–water partition coefficient (Wildman–Crippen LogP) is 4.24. The Morgan fingerprint density at radius 2 is 2.14 bits per heavy atom. The van der Waals surface area contributed by atoms with Crippen LogP contribution < -0.4 is 0 Å². The minimum Gasteiger partial charge on any atom is -0.361 e. The molecule has 2 heterocycles. The first-order valence-corrected chi connectivity index (χ1v) is 7.81. The number of benzene rings is 1. The molecule has 1 atom stereocenters. The highest BCUT2D eigenvalue weighted by Crippen LogP contribution is 2.33. The molecule has 5 heteroatoms. The van der Waals surface area contributed by atoms with Crippen molar-refractivity contribution in [3.63, 3.8) is 0 Å². The molecule has 1 saturated heterocycles. The first-order valence-electron chi connectivity index (χ1n) is 7.81. The molecule has 3 rings (SSSR count). The summed E-state index contributed by atoms with van der Waals surface area (Å²) < 4.78 is 31.7. The summed E-state index contributed by atoms with van der Waals surface area (Å²) in [6, 6.07) is 6.32.